The molecule has 2 N–H and O–H groups in total. The molecule has 2 heterocycles. The molecule has 1 aliphatic heterocycles. The number of amidine groups is 2. The highest BCUT2D eigenvalue weighted by Gasteiger charge is 2.26. The van der Waals surface area contributed by atoms with Crippen molar-refractivity contribution < 1.29 is 14.0 Å². The third-order valence-electron chi connectivity index (χ3n) is 2.15. The monoisotopic (exact) mass is 356 g/mol. The molecular formula is C11H9BrN4O3S. The van der Waals surface area contributed by atoms with Crippen LogP contribution in [0.4, 0.5) is 0 Å². The molecule has 2 rings (SSSR count). The van der Waals surface area contributed by atoms with Gasteiger partial charge in [0.15, 0.2) is 27.1 Å². The number of aliphatic imine (C=N–C) groups is 2. The minimum absolute atomic E-state index is 0.0253. The smallest absolute Gasteiger partial charge is 0.313 e. The maximum Gasteiger partial charge on any atom is 0.313 e. The lowest BCUT2D eigenvalue weighted by Crippen LogP contribution is -2.43. The highest BCUT2D eigenvalue weighted by molar-refractivity contribution is 9.10. The first-order valence-corrected chi connectivity index (χ1v) is 7.29. The van der Waals surface area contributed by atoms with Gasteiger partial charge in [-0.1, -0.05) is 18.7 Å². The van der Waals surface area contributed by atoms with E-state index in [2.05, 4.69) is 31.2 Å². The fourth-order valence-electron chi connectivity index (χ4n) is 1.34. The lowest BCUT2D eigenvalue weighted by molar-refractivity contribution is -0.113. The second kappa shape index (κ2) is 6.14. The zero-order valence-corrected chi connectivity index (χ0v) is 12.7. The van der Waals surface area contributed by atoms with Crippen LogP contribution in [-0.2, 0) is 4.79 Å². The summed E-state index contributed by atoms with van der Waals surface area (Å²) in [5.74, 6) is -1.03. The Morgan fingerprint density at radius 3 is 2.90 bits per heavy atom. The molecule has 0 unspecified atom stereocenters. The summed E-state index contributed by atoms with van der Waals surface area (Å²) in [4.78, 5) is 31.0. The van der Waals surface area contributed by atoms with Crippen molar-refractivity contribution in [3.05, 3.63) is 22.6 Å². The van der Waals surface area contributed by atoms with E-state index < -0.39 is 11.8 Å². The van der Waals surface area contributed by atoms with Gasteiger partial charge in [0.05, 0.1) is 0 Å². The minimum atomic E-state index is -0.743. The number of hydrogen-bond donors (Lipinski definition) is 2. The normalized spacial score (nSPS) is 17.1. The fourth-order valence-corrected chi connectivity index (χ4v) is 2.24. The molecule has 2 amide bonds. The van der Waals surface area contributed by atoms with Crippen molar-refractivity contribution in [1.82, 2.24) is 5.32 Å². The minimum Gasteiger partial charge on any atom is -0.444 e. The first kappa shape index (κ1) is 14.7. The Kier molecular flexibility index (Phi) is 4.50. The molecule has 0 aliphatic carbocycles. The Balaban J connectivity index is 2.24. The van der Waals surface area contributed by atoms with Gasteiger partial charge in [-0.15, -0.1) is 0 Å². The Labute approximate surface area is 126 Å². The average molecular weight is 357 g/mol. The van der Waals surface area contributed by atoms with E-state index in [-0.39, 0.29) is 17.3 Å². The molecule has 0 aromatic carbocycles. The molecular weight excluding hydrogens is 348 g/mol. The van der Waals surface area contributed by atoms with E-state index in [0.29, 0.717) is 15.6 Å². The fraction of sp³-hybridized carbons (Fsp3) is 0.182. The molecule has 1 aromatic rings. The van der Waals surface area contributed by atoms with Crippen LogP contribution in [0.5, 0.6) is 0 Å². The lowest BCUT2D eigenvalue weighted by atomic mass is 10.3. The summed E-state index contributed by atoms with van der Waals surface area (Å²) >= 11 is 4.35. The molecule has 9 heteroatoms. The molecule has 0 saturated carbocycles. The third kappa shape index (κ3) is 3.23. The Bertz CT molecular complexity index is 650. The van der Waals surface area contributed by atoms with E-state index in [9.17, 15) is 9.59 Å². The van der Waals surface area contributed by atoms with Gasteiger partial charge < -0.3 is 4.42 Å². The van der Waals surface area contributed by atoms with E-state index >= 15 is 0 Å². The largest absolute Gasteiger partial charge is 0.444 e. The van der Waals surface area contributed by atoms with Gasteiger partial charge in [-0.3, -0.25) is 20.3 Å². The van der Waals surface area contributed by atoms with Crippen molar-refractivity contribution in [2.24, 2.45) is 9.98 Å². The maximum atomic E-state index is 11.8. The van der Waals surface area contributed by atoms with Crippen molar-refractivity contribution in [2.75, 3.05) is 5.75 Å². The maximum absolute atomic E-state index is 11.8. The van der Waals surface area contributed by atoms with Gasteiger partial charge in [-0.2, -0.15) is 4.99 Å². The van der Waals surface area contributed by atoms with Gasteiger partial charge in [0.1, 0.15) is 0 Å². The predicted octanol–water partition coefficient (Wildman–Crippen LogP) is 1.84. The number of carbonyl (C=O) groups excluding carboxylic acids is 2. The Hall–Kier alpha value is -1.74. The van der Waals surface area contributed by atoms with Crippen LogP contribution in [0.2, 0.25) is 0 Å². The van der Waals surface area contributed by atoms with Crippen LogP contribution in [-0.4, -0.2) is 34.3 Å². The zero-order valence-electron chi connectivity index (χ0n) is 10.3. The van der Waals surface area contributed by atoms with E-state index in [4.69, 9.17) is 9.83 Å². The van der Waals surface area contributed by atoms with Crippen molar-refractivity contribution in [3.8, 4) is 0 Å². The Morgan fingerprint density at radius 2 is 2.35 bits per heavy atom. The summed E-state index contributed by atoms with van der Waals surface area (Å²) < 4.78 is 5.41. The number of carbonyl (C=O) groups is 2. The van der Waals surface area contributed by atoms with Gasteiger partial charge in [-0.25, -0.2) is 4.99 Å². The highest BCUT2D eigenvalue weighted by atomic mass is 79.9. The molecule has 104 valence electrons. The first-order valence-electron chi connectivity index (χ1n) is 5.51. The number of rotatable bonds is 2. The third-order valence-corrected chi connectivity index (χ3v) is 3.33. The van der Waals surface area contributed by atoms with E-state index in [1.165, 1.54) is 23.9 Å². The van der Waals surface area contributed by atoms with Crippen LogP contribution in [0.25, 0.3) is 0 Å². The summed E-state index contributed by atoms with van der Waals surface area (Å²) in [5.41, 5.74) is -0.331. The summed E-state index contributed by atoms with van der Waals surface area (Å²) in [6.45, 7) is 1.89. The van der Waals surface area contributed by atoms with Gasteiger partial charge in [-0.05, 0) is 33.8 Å². The molecule has 0 spiro atoms. The van der Waals surface area contributed by atoms with Crippen LogP contribution in [0.3, 0.4) is 0 Å². The number of amides is 2. The van der Waals surface area contributed by atoms with Gasteiger partial charge in [0, 0.05) is 0 Å². The Morgan fingerprint density at radius 1 is 1.60 bits per heavy atom. The molecule has 0 atom stereocenters. The molecule has 0 bridgehead atoms. The number of halogens is 1. The summed E-state index contributed by atoms with van der Waals surface area (Å²) in [5, 5.41) is 10.5. The number of thioether (sulfide) groups is 1. The molecule has 0 radical (unpaired) electrons. The van der Waals surface area contributed by atoms with Gasteiger partial charge >= 0.3 is 5.91 Å². The predicted molar refractivity (Wildman–Crippen MR) is 79.6 cm³/mol. The van der Waals surface area contributed by atoms with Crippen molar-refractivity contribution in [1.29, 1.82) is 5.41 Å². The topological polar surface area (TPSA) is 108 Å². The van der Waals surface area contributed by atoms with E-state index in [0.717, 1.165) is 0 Å². The quantitative estimate of drug-likeness (QED) is 0.842. The highest BCUT2D eigenvalue weighted by Crippen LogP contribution is 2.15. The van der Waals surface area contributed by atoms with Crippen molar-refractivity contribution in [2.45, 2.75) is 6.92 Å². The number of hydrogen-bond acceptors (Lipinski definition) is 5. The molecule has 1 aliphatic rings. The summed E-state index contributed by atoms with van der Waals surface area (Å²) in [7, 11) is 0. The number of furan rings is 1. The second-order valence-corrected chi connectivity index (χ2v) is 5.56. The molecule has 7 nitrogen and oxygen atoms in total. The molecule has 0 fully saturated rings. The SMILES string of the molecule is CCSC1=NC(=N)C(=NC(=O)c2ccc(Br)o2)C(=O)N1. The molecule has 1 aromatic heterocycles. The van der Waals surface area contributed by atoms with Crippen molar-refractivity contribution in [3.63, 3.8) is 0 Å². The van der Waals surface area contributed by atoms with Crippen molar-refractivity contribution >= 4 is 56.2 Å². The van der Waals surface area contributed by atoms with E-state index in [1.54, 1.807) is 0 Å². The number of nitrogens with one attached hydrogen (secondary N) is 2. The second-order valence-electron chi connectivity index (χ2n) is 3.52. The first-order chi connectivity index (χ1) is 9.51. The van der Waals surface area contributed by atoms with Crippen LogP contribution < -0.4 is 5.32 Å². The van der Waals surface area contributed by atoms with E-state index in [1.807, 2.05) is 6.92 Å². The van der Waals surface area contributed by atoms with Crippen LogP contribution in [0, 0.1) is 5.41 Å². The summed E-state index contributed by atoms with van der Waals surface area (Å²) in [6, 6.07) is 2.95. The lowest BCUT2D eigenvalue weighted by Gasteiger charge is -2.13. The molecule has 20 heavy (non-hydrogen) atoms. The molecule has 0 saturated heterocycles. The van der Waals surface area contributed by atoms with Gasteiger partial charge in [0.25, 0.3) is 5.91 Å². The van der Waals surface area contributed by atoms with Crippen LogP contribution in [0.1, 0.15) is 17.5 Å². The summed E-state index contributed by atoms with van der Waals surface area (Å²) in [6.07, 6.45) is 0. The van der Waals surface area contributed by atoms with Crippen LogP contribution in [0.15, 0.2) is 31.2 Å². The van der Waals surface area contributed by atoms with Gasteiger partial charge in [0.2, 0.25) is 0 Å². The van der Waals surface area contributed by atoms with Crippen LogP contribution >= 0.6 is 27.7 Å². The average Bonchev–Trinajstić information content (AvgIpc) is 2.81. The zero-order chi connectivity index (χ0) is 14.7. The standard InChI is InChI=1S/C11H9BrN4O3S/c1-2-20-11-15-8(13)7(10(18)16-11)14-9(17)5-3-4-6(12)19-5/h3-4H,2H2,1H3,(H2,13,15,16,18). The number of nitrogens with zero attached hydrogens (tertiary/aromatic N) is 2.